The van der Waals surface area contributed by atoms with E-state index in [-0.39, 0.29) is 28.0 Å². The Morgan fingerprint density at radius 1 is 1.03 bits per heavy atom. The Kier molecular flexibility index (Phi) is 6.09. The van der Waals surface area contributed by atoms with Gasteiger partial charge in [-0.25, -0.2) is 22.5 Å². The third-order valence-electron chi connectivity index (χ3n) is 4.44. The standard InChI is InChI=1S/C21H17FN6O4S/c1-23-20(29)19-11-15(7-8-24-19)32-14-5-6-17-18(10-14)26-27-21(25-17)28-33(30,31)16-4-2-3-13(9-16)12-22/h2-11H,12H2,1H3,(H,23,29)(H,25,27,28). The van der Waals surface area contributed by atoms with Crippen molar-refractivity contribution in [3.05, 3.63) is 72.1 Å². The number of carbonyl (C=O) groups excluding carboxylic acids is 1. The summed E-state index contributed by atoms with van der Waals surface area (Å²) in [6, 6.07) is 13.4. The maximum Gasteiger partial charge on any atom is 0.269 e. The second-order valence-electron chi connectivity index (χ2n) is 6.73. The minimum atomic E-state index is -4.02. The fraction of sp³-hybridized carbons (Fsp3) is 0.0952. The number of halogens is 1. The van der Waals surface area contributed by atoms with E-state index < -0.39 is 16.7 Å². The number of rotatable bonds is 7. The smallest absolute Gasteiger partial charge is 0.269 e. The number of anilines is 1. The van der Waals surface area contributed by atoms with Crippen molar-refractivity contribution in [2.75, 3.05) is 11.8 Å². The van der Waals surface area contributed by atoms with Gasteiger partial charge < -0.3 is 10.1 Å². The molecule has 0 bridgehead atoms. The first-order chi connectivity index (χ1) is 15.9. The van der Waals surface area contributed by atoms with Crippen molar-refractivity contribution >= 4 is 32.9 Å². The molecule has 0 unspecified atom stereocenters. The Morgan fingerprint density at radius 3 is 2.64 bits per heavy atom. The summed E-state index contributed by atoms with van der Waals surface area (Å²) < 4.78 is 46.0. The maximum absolute atomic E-state index is 12.9. The molecule has 33 heavy (non-hydrogen) atoms. The zero-order valence-corrected chi connectivity index (χ0v) is 18.0. The van der Waals surface area contributed by atoms with Crippen LogP contribution in [0, 0.1) is 0 Å². The van der Waals surface area contributed by atoms with Crippen molar-refractivity contribution in [1.29, 1.82) is 0 Å². The number of sulfonamides is 1. The van der Waals surface area contributed by atoms with E-state index in [0.717, 1.165) is 0 Å². The molecule has 0 radical (unpaired) electrons. The van der Waals surface area contributed by atoms with Gasteiger partial charge in [0.25, 0.3) is 21.9 Å². The van der Waals surface area contributed by atoms with Crippen LogP contribution in [-0.2, 0) is 16.7 Å². The van der Waals surface area contributed by atoms with E-state index in [1.54, 1.807) is 24.3 Å². The minimum Gasteiger partial charge on any atom is -0.457 e. The molecule has 2 heterocycles. The molecular formula is C21H17FN6O4S. The Hall–Kier alpha value is -4.19. The third kappa shape index (κ3) is 5.01. The van der Waals surface area contributed by atoms with Crippen molar-refractivity contribution in [2.24, 2.45) is 0 Å². The molecule has 10 nitrogen and oxygen atoms in total. The van der Waals surface area contributed by atoms with Crippen molar-refractivity contribution in [1.82, 2.24) is 25.5 Å². The van der Waals surface area contributed by atoms with Crippen LogP contribution in [0.5, 0.6) is 11.5 Å². The molecule has 0 aliphatic rings. The number of ether oxygens (including phenoxy) is 1. The number of pyridine rings is 1. The molecule has 0 saturated carbocycles. The van der Waals surface area contributed by atoms with Crippen molar-refractivity contribution < 1.29 is 22.3 Å². The van der Waals surface area contributed by atoms with Crippen LogP contribution in [0.15, 0.2) is 65.7 Å². The number of carbonyl (C=O) groups is 1. The first-order valence-electron chi connectivity index (χ1n) is 9.56. The zero-order chi connectivity index (χ0) is 23.4. The molecule has 4 rings (SSSR count). The van der Waals surface area contributed by atoms with Crippen molar-refractivity contribution in [2.45, 2.75) is 11.6 Å². The maximum atomic E-state index is 12.9. The van der Waals surface area contributed by atoms with Gasteiger partial charge in [0.05, 0.1) is 10.4 Å². The van der Waals surface area contributed by atoms with Gasteiger partial charge in [0.2, 0.25) is 0 Å². The summed E-state index contributed by atoms with van der Waals surface area (Å²) in [6.45, 7) is -0.783. The number of aromatic nitrogens is 4. The normalized spacial score (nSPS) is 11.2. The van der Waals surface area contributed by atoms with Gasteiger partial charge in [-0.2, -0.15) is 0 Å². The van der Waals surface area contributed by atoms with Gasteiger partial charge >= 0.3 is 0 Å². The van der Waals surface area contributed by atoms with Gasteiger partial charge in [-0.1, -0.05) is 12.1 Å². The molecule has 0 aliphatic heterocycles. The monoisotopic (exact) mass is 468 g/mol. The minimum absolute atomic E-state index is 0.112. The Morgan fingerprint density at radius 2 is 1.85 bits per heavy atom. The van der Waals surface area contributed by atoms with Crippen LogP contribution >= 0.6 is 0 Å². The van der Waals surface area contributed by atoms with Gasteiger partial charge in [0, 0.05) is 25.4 Å². The van der Waals surface area contributed by atoms with Crippen LogP contribution in [-0.4, -0.2) is 41.5 Å². The summed E-state index contributed by atoms with van der Waals surface area (Å²) in [7, 11) is -2.52. The number of benzene rings is 2. The van der Waals surface area contributed by atoms with Crippen LogP contribution in [0.2, 0.25) is 0 Å². The fourth-order valence-electron chi connectivity index (χ4n) is 2.86. The molecule has 0 atom stereocenters. The lowest BCUT2D eigenvalue weighted by atomic mass is 10.2. The van der Waals surface area contributed by atoms with Gasteiger partial charge in [0.1, 0.15) is 29.4 Å². The second-order valence-corrected chi connectivity index (χ2v) is 8.41. The molecule has 1 amide bonds. The highest BCUT2D eigenvalue weighted by Crippen LogP contribution is 2.25. The Balaban J connectivity index is 1.55. The summed E-state index contributed by atoms with van der Waals surface area (Å²) in [5.74, 6) is 0.222. The largest absolute Gasteiger partial charge is 0.457 e. The molecule has 2 aromatic heterocycles. The number of alkyl halides is 1. The number of hydrogen-bond donors (Lipinski definition) is 2. The molecular weight excluding hydrogens is 451 g/mol. The molecule has 0 spiro atoms. The lowest BCUT2D eigenvalue weighted by Crippen LogP contribution is -2.18. The van der Waals surface area contributed by atoms with Crippen LogP contribution < -0.4 is 14.8 Å². The number of fused-ring (bicyclic) bond motifs is 1. The number of hydrogen-bond acceptors (Lipinski definition) is 8. The molecule has 12 heteroatoms. The van der Waals surface area contributed by atoms with Crippen molar-refractivity contribution in [3.8, 4) is 11.5 Å². The average Bonchev–Trinajstić information content (AvgIpc) is 2.83. The SMILES string of the molecule is CNC(=O)c1cc(Oc2ccc3nc(NS(=O)(=O)c4cccc(CF)c4)nnc3c2)ccn1. The first-order valence-corrected chi connectivity index (χ1v) is 11.0. The van der Waals surface area contributed by atoms with Gasteiger partial charge in [-0.15, -0.1) is 10.2 Å². The molecule has 2 N–H and O–H groups in total. The van der Waals surface area contributed by atoms with Gasteiger partial charge in [-0.05, 0) is 35.9 Å². The highest BCUT2D eigenvalue weighted by molar-refractivity contribution is 7.92. The Labute approximate surface area is 187 Å². The van der Waals surface area contributed by atoms with Crippen LogP contribution in [0.1, 0.15) is 16.1 Å². The van der Waals surface area contributed by atoms with Crippen LogP contribution in [0.3, 0.4) is 0 Å². The van der Waals surface area contributed by atoms with Crippen molar-refractivity contribution in [3.63, 3.8) is 0 Å². The lowest BCUT2D eigenvalue weighted by Gasteiger charge is -2.09. The van der Waals surface area contributed by atoms with E-state index in [2.05, 4.69) is 30.2 Å². The van der Waals surface area contributed by atoms with Gasteiger partial charge in [0.15, 0.2) is 0 Å². The molecule has 0 fully saturated rings. The number of nitrogens with one attached hydrogen (secondary N) is 2. The Bertz CT molecular complexity index is 1450. The van der Waals surface area contributed by atoms with E-state index in [0.29, 0.717) is 22.5 Å². The molecule has 2 aromatic carbocycles. The van der Waals surface area contributed by atoms with E-state index in [4.69, 9.17) is 4.74 Å². The van der Waals surface area contributed by atoms with E-state index >= 15 is 0 Å². The lowest BCUT2D eigenvalue weighted by molar-refractivity contribution is 0.0958. The highest BCUT2D eigenvalue weighted by Gasteiger charge is 2.17. The summed E-state index contributed by atoms with van der Waals surface area (Å²) in [5, 5.41) is 10.3. The molecule has 168 valence electrons. The second kappa shape index (κ2) is 9.12. The predicted molar refractivity (Wildman–Crippen MR) is 117 cm³/mol. The molecule has 4 aromatic rings. The van der Waals surface area contributed by atoms with E-state index in [9.17, 15) is 17.6 Å². The fourth-order valence-corrected chi connectivity index (χ4v) is 3.87. The zero-order valence-electron chi connectivity index (χ0n) is 17.2. The summed E-state index contributed by atoms with van der Waals surface area (Å²) in [6.07, 6.45) is 1.45. The van der Waals surface area contributed by atoms with Crippen LogP contribution in [0.4, 0.5) is 10.3 Å². The molecule has 0 aliphatic carbocycles. The number of nitrogens with zero attached hydrogens (tertiary/aromatic N) is 4. The summed E-state index contributed by atoms with van der Waals surface area (Å²) in [5.41, 5.74) is 1.16. The van der Waals surface area contributed by atoms with Crippen LogP contribution in [0.25, 0.3) is 11.0 Å². The number of amides is 1. The average molecular weight is 468 g/mol. The van der Waals surface area contributed by atoms with E-state index in [1.807, 2.05) is 0 Å². The van der Waals surface area contributed by atoms with E-state index in [1.165, 1.54) is 43.6 Å². The van der Waals surface area contributed by atoms with Gasteiger partial charge in [-0.3, -0.25) is 9.78 Å². The summed E-state index contributed by atoms with van der Waals surface area (Å²) >= 11 is 0. The quantitative estimate of drug-likeness (QED) is 0.423. The molecule has 0 saturated heterocycles. The summed E-state index contributed by atoms with van der Waals surface area (Å²) in [4.78, 5) is 19.8. The highest BCUT2D eigenvalue weighted by atomic mass is 32.2. The first kappa shape index (κ1) is 22.0. The predicted octanol–water partition coefficient (Wildman–Crippen LogP) is 2.84. The third-order valence-corrected chi connectivity index (χ3v) is 5.77. The topological polar surface area (TPSA) is 136 Å².